The highest BCUT2D eigenvalue weighted by molar-refractivity contribution is 5.39. The number of benzene rings is 1. The molecule has 0 aliphatic carbocycles. The van der Waals surface area contributed by atoms with Crippen molar-refractivity contribution in [1.82, 2.24) is 0 Å². The Morgan fingerprint density at radius 2 is 1.86 bits per heavy atom. The number of aliphatic hydroxyl groups excluding tert-OH is 4. The van der Waals surface area contributed by atoms with Gasteiger partial charge in [-0.1, -0.05) is 6.07 Å². The zero-order valence-electron chi connectivity index (χ0n) is 11.8. The van der Waals surface area contributed by atoms with Crippen LogP contribution in [0.2, 0.25) is 0 Å². The first kappa shape index (κ1) is 16.0. The summed E-state index contributed by atoms with van der Waals surface area (Å²) in [7, 11) is 1.53. The van der Waals surface area contributed by atoms with Gasteiger partial charge in [-0.05, 0) is 18.6 Å². The number of hydrogen-bond donors (Lipinski definition) is 4. The number of aryl methyl sites for hydroxylation is 1. The van der Waals surface area contributed by atoms with Gasteiger partial charge in [0, 0.05) is 6.07 Å². The third-order valence-electron chi connectivity index (χ3n) is 3.48. The van der Waals surface area contributed by atoms with E-state index in [1.165, 1.54) is 7.11 Å². The maximum atomic E-state index is 9.89. The minimum absolute atomic E-state index is 0.377. The average Bonchev–Trinajstić information content (AvgIpc) is 2.49. The van der Waals surface area contributed by atoms with E-state index >= 15 is 0 Å². The van der Waals surface area contributed by atoms with Crippen molar-refractivity contribution in [3.8, 4) is 11.5 Å². The molecule has 5 atom stereocenters. The first-order valence-corrected chi connectivity index (χ1v) is 6.59. The second-order valence-electron chi connectivity index (χ2n) is 4.95. The molecule has 118 valence electrons. The quantitative estimate of drug-likeness (QED) is 0.575. The van der Waals surface area contributed by atoms with E-state index in [1.54, 1.807) is 18.2 Å². The summed E-state index contributed by atoms with van der Waals surface area (Å²) in [6.07, 6.45) is -6.51. The first-order valence-electron chi connectivity index (χ1n) is 6.59. The first-order chi connectivity index (χ1) is 9.97. The van der Waals surface area contributed by atoms with Gasteiger partial charge >= 0.3 is 0 Å². The van der Waals surface area contributed by atoms with Gasteiger partial charge in [0.15, 0.2) is 0 Å². The van der Waals surface area contributed by atoms with Crippen molar-refractivity contribution in [1.29, 1.82) is 0 Å². The Bertz CT molecular complexity index is 476. The zero-order valence-corrected chi connectivity index (χ0v) is 11.8. The highest BCUT2D eigenvalue weighted by atomic mass is 16.7. The zero-order chi connectivity index (χ0) is 15.6. The van der Waals surface area contributed by atoms with Crippen molar-refractivity contribution in [2.45, 2.75) is 37.6 Å². The minimum Gasteiger partial charge on any atom is -0.496 e. The van der Waals surface area contributed by atoms with Crippen molar-refractivity contribution in [3.63, 3.8) is 0 Å². The molecule has 0 amide bonds. The van der Waals surface area contributed by atoms with Crippen LogP contribution in [0.3, 0.4) is 0 Å². The van der Waals surface area contributed by atoms with Gasteiger partial charge in [-0.2, -0.15) is 0 Å². The van der Waals surface area contributed by atoms with Crippen LogP contribution in [0.15, 0.2) is 18.2 Å². The average molecular weight is 300 g/mol. The molecule has 0 radical (unpaired) electrons. The molecule has 1 heterocycles. The summed E-state index contributed by atoms with van der Waals surface area (Å²) in [5.41, 5.74) is 0.915. The molecule has 21 heavy (non-hydrogen) atoms. The summed E-state index contributed by atoms with van der Waals surface area (Å²) in [5.74, 6) is 0.985. The molecule has 7 heteroatoms. The van der Waals surface area contributed by atoms with E-state index in [4.69, 9.17) is 19.3 Å². The van der Waals surface area contributed by atoms with Crippen LogP contribution < -0.4 is 9.47 Å². The lowest BCUT2D eigenvalue weighted by molar-refractivity contribution is -0.277. The van der Waals surface area contributed by atoms with E-state index in [2.05, 4.69) is 0 Å². The van der Waals surface area contributed by atoms with Gasteiger partial charge in [0.2, 0.25) is 6.29 Å². The fourth-order valence-electron chi connectivity index (χ4n) is 2.17. The number of rotatable bonds is 4. The summed E-state index contributed by atoms with van der Waals surface area (Å²) < 4.78 is 15.9. The minimum atomic E-state index is -1.46. The molecule has 7 nitrogen and oxygen atoms in total. The molecule has 0 bridgehead atoms. The normalized spacial score (nSPS) is 32.8. The smallest absolute Gasteiger partial charge is 0.229 e. The lowest BCUT2D eigenvalue weighted by Gasteiger charge is -2.39. The second-order valence-corrected chi connectivity index (χ2v) is 4.95. The van der Waals surface area contributed by atoms with Crippen LogP contribution in [-0.2, 0) is 4.74 Å². The summed E-state index contributed by atoms with van der Waals surface area (Å²) in [6.45, 7) is 1.37. The van der Waals surface area contributed by atoms with Gasteiger partial charge in [0.25, 0.3) is 0 Å². The molecule has 0 aromatic heterocycles. The Kier molecular flexibility index (Phi) is 5.02. The van der Waals surface area contributed by atoms with E-state index in [0.29, 0.717) is 11.5 Å². The monoisotopic (exact) mass is 300 g/mol. The lowest BCUT2D eigenvalue weighted by atomic mass is 9.99. The Hall–Kier alpha value is -1.38. The third-order valence-corrected chi connectivity index (χ3v) is 3.48. The fourth-order valence-corrected chi connectivity index (χ4v) is 2.17. The van der Waals surface area contributed by atoms with Crippen LogP contribution in [0.5, 0.6) is 11.5 Å². The predicted molar refractivity (Wildman–Crippen MR) is 72.1 cm³/mol. The largest absolute Gasteiger partial charge is 0.496 e. The molecule has 4 N–H and O–H groups in total. The number of aliphatic hydroxyl groups is 4. The molecule has 1 aromatic rings. The Morgan fingerprint density at radius 3 is 2.48 bits per heavy atom. The maximum absolute atomic E-state index is 9.89. The Labute approximate surface area is 122 Å². The highest BCUT2D eigenvalue weighted by Gasteiger charge is 2.44. The molecule has 1 aliphatic heterocycles. The van der Waals surface area contributed by atoms with Gasteiger partial charge in [0.1, 0.15) is 35.9 Å². The van der Waals surface area contributed by atoms with Gasteiger partial charge < -0.3 is 34.6 Å². The van der Waals surface area contributed by atoms with E-state index in [-0.39, 0.29) is 0 Å². The molecule has 1 aromatic carbocycles. The third kappa shape index (κ3) is 3.28. The van der Waals surface area contributed by atoms with Crippen molar-refractivity contribution >= 4 is 0 Å². The fraction of sp³-hybridized carbons (Fsp3) is 0.571. The molecule has 0 unspecified atom stereocenters. The lowest BCUT2D eigenvalue weighted by Crippen LogP contribution is -2.60. The summed E-state index contributed by atoms with van der Waals surface area (Å²) in [4.78, 5) is 0. The van der Waals surface area contributed by atoms with E-state index in [1.807, 2.05) is 6.92 Å². The van der Waals surface area contributed by atoms with Crippen molar-refractivity contribution in [2.24, 2.45) is 0 Å². The van der Waals surface area contributed by atoms with E-state index in [9.17, 15) is 15.3 Å². The molecule has 1 aliphatic rings. The Morgan fingerprint density at radius 1 is 1.14 bits per heavy atom. The Balaban J connectivity index is 2.14. The molecule has 1 fully saturated rings. The molecule has 0 saturated carbocycles. The van der Waals surface area contributed by atoms with E-state index in [0.717, 1.165) is 5.56 Å². The second kappa shape index (κ2) is 6.59. The van der Waals surface area contributed by atoms with Crippen molar-refractivity contribution in [3.05, 3.63) is 23.8 Å². The highest BCUT2D eigenvalue weighted by Crippen LogP contribution is 2.28. The number of hydrogen-bond acceptors (Lipinski definition) is 7. The van der Waals surface area contributed by atoms with Crippen molar-refractivity contribution < 1.29 is 34.6 Å². The summed E-state index contributed by atoms with van der Waals surface area (Å²) in [5, 5.41) is 38.4. The van der Waals surface area contributed by atoms with Gasteiger partial charge in [-0.3, -0.25) is 0 Å². The maximum Gasteiger partial charge on any atom is 0.229 e. The molecule has 0 spiro atoms. The van der Waals surface area contributed by atoms with Crippen LogP contribution in [-0.4, -0.2) is 64.8 Å². The van der Waals surface area contributed by atoms with Crippen LogP contribution in [0.25, 0.3) is 0 Å². The summed E-state index contributed by atoms with van der Waals surface area (Å²) >= 11 is 0. The van der Waals surface area contributed by atoms with Crippen LogP contribution >= 0.6 is 0 Å². The van der Waals surface area contributed by atoms with Crippen LogP contribution in [0, 0.1) is 6.92 Å². The van der Waals surface area contributed by atoms with Gasteiger partial charge in [-0.25, -0.2) is 0 Å². The van der Waals surface area contributed by atoms with Crippen LogP contribution in [0.4, 0.5) is 0 Å². The molecule has 1 saturated heterocycles. The standard InChI is InChI=1S/C14H20O7/c1-7-3-4-8(5-9(7)19-2)20-14-13(18)12(17)11(16)10(6-15)21-14/h3-5,10-18H,6H2,1-2H3/t10-,11-,12+,13-,14-/m0/s1. The molecular formula is C14H20O7. The number of methoxy groups -OCH3 is 1. The SMILES string of the molecule is COc1cc(O[C@H]2O[C@@H](CO)[C@H](O)[C@@H](O)[C@@H]2O)ccc1C. The molecular weight excluding hydrogens is 280 g/mol. The topological polar surface area (TPSA) is 109 Å². The van der Waals surface area contributed by atoms with Crippen LogP contribution in [0.1, 0.15) is 5.56 Å². The summed E-state index contributed by atoms with van der Waals surface area (Å²) in [6, 6.07) is 5.06. The van der Waals surface area contributed by atoms with E-state index < -0.39 is 37.3 Å². The van der Waals surface area contributed by atoms with Gasteiger partial charge in [-0.15, -0.1) is 0 Å². The van der Waals surface area contributed by atoms with Gasteiger partial charge in [0.05, 0.1) is 13.7 Å². The van der Waals surface area contributed by atoms with Crippen molar-refractivity contribution in [2.75, 3.05) is 13.7 Å². The number of ether oxygens (including phenoxy) is 3. The molecule has 2 rings (SSSR count). The predicted octanol–water partition coefficient (Wildman–Crippen LogP) is -0.818.